The number of unbranched alkanes of at least 4 members (excludes halogenated alkanes) is 1. The van der Waals surface area contributed by atoms with Crippen molar-refractivity contribution in [2.45, 2.75) is 51.1 Å². The van der Waals surface area contributed by atoms with Crippen molar-refractivity contribution < 1.29 is 9.59 Å². The van der Waals surface area contributed by atoms with Crippen LogP contribution in [0.3, 0.4) is 0 Å². The van der Waals surface area contributed by atoms with E-state index in [-0.39, 0.29) is 17.9 Å². The fraction of sp³-hybridized carbons (Fsp3) is 0.833. The lowest BCUT2D eigenvalue weighted by Gasteiger charge is -2.30. The summed E-state index contributed by atoms with van der Waals surface area (Å²) in [6, 6.07) is -0.365. The molecule has 17 heavy (non-hydrogen) atoms. The summed E-state index contributed by atoms with van der Waals surface area (Å²) in [5, 5.41) is 2.92. The summed E-state index contributed by atoms with van der Waals surface area (Å²) >= 11 is 0. The molecule has 0 spiro atoms. The Balaban J connectivity index is 2.33. The minimum atomic E-state index is -0.419. The lowest BCUT2D eigenvalue weighted by molar-refractivity contribution is -0.134. The van der Waals surface area contributed by atoms with E-state index in [9.17, 15) is 9.59 Å². The van der Waals surface area contributed by atoms with E-state index < -0.39 is 6.04 Å². The number of nitrogens with two attached hydrogens (primary N) is 1. The van der Waals surface area contributed by atoms with Crippen LogP contribution in [0.1, 0.15) is 39.0 Å². The van der Waals surface area contributed by atoms with Crippen LogP contribution in [-0.2, 0) is 9.59 Å². The van der Waals surface area contributed by atoms with Gasteiger partial charge in [-0.3, -0.25) is 9.59 Å². The molecule has 0 aromatic carbocycles. The molecular formula is C12H23N3O2. The van der Waals surface area contributed by atoms with Crippen LogP contribution in [0.2, 0.25) is 0 Å². The van der Waals surface area contributed by atoms with Gasteiger partial charge in [-0.15, -0.1) is 0 Å². The molecule has 2 atom stereocenters. The third-order valence-electron chi connectivity index (χ3n) is 3.18. The van der Waals surface area contributed by atoms with Gasteiger partial charge in [0.2, 0.25) is 11.8 Å². The maximum atomic E-state index is 11.8. The molecule has 0 bridgehead atoms. The minimum Gasteiger partial charge on any atom is -0.350 e. The first-order valence-corrected chi connectivity index (χ1v) is 6.34. The third-order valence-corrected chi connectivity index (χ3v) is 3.18. The van der Waals surface area contributed by atoms with E-state index in [2.05, 4.69) is 12.2 Å². The monoisotopic (exact) mass is 241 g/mol. The van der Waals surface area contributed by atoms with Crippen LogP contribution < -0.4 is 11.1 Å². The van der Waals surface area contributed by atoms with Crippen molar-refractivity contribution in [3.63, 3.8) is 0 Å². The van der Waals surface area contributed by atoms with Crippen molar-refractivity contribution >= 4 is 11.8 Å². The molecule has 1 rings (SSSR count). The Bertz CT molecular complexity index is 281. The zero-order chi connectivity index (χ0) is 12.8. The number of likely N-dealkylation sites (N-methyl/N-ethyl adjacent to an activating group) is 1. The van der Waals surface area contributed by atoms with E-state index >= 15 is 0 Å². The van der Waals surface area contributed by atoms with Crippen LogP contribution in [-0.4, -0.2) is 42.4 Å². The van der Waals surface area contributed by atoms with Gasteiger partial charge in [0.05, 0.1) is 6.04 Å². The van der Waals surface area contributed by atoms with Crippen molar-refractivity contribution in [2.75, 3.05) is 13.6 Å². The summed E-state index contributed by atoms with van der Waals surface area (Å²) in [5.41, 5.74) is 5.79. The molecule has 0 saturated carbocycles. The van der Waals surface area contributed by atoms with Crippen LogP contribution in [0.15, 0.2) is 0 Å². The predicted octanol–water partition coefficient (Wildman–Crippen LogP) is 0.241. The fourth-order valence-corrected chi connectivity index (χ4v) is 1.99. The summed E-state index contributed by atoms with van der Waals surface area (Å²) in [6.45, 7) is 2.66. The molecule has 2 amide bonds. The molecule has 1 fully saturated rings. The number of likely N-dealkylation sites (tertiary alicyclic amines) is 1. The van der Waals surface area contributed by atoms with Gasteiger partial charge < -0.3 is 16.0 Å². The second kappa shape index (κ2) is 6.59. The van der Waals surface area contributed by atoms with Gasteiger partial charge in [-0.05, 0) is 12.8 Å². The first kappa shape index (κ1) is 14.0. The Hall–Kier alpha value is -1.10. The van der Waals surface area contributed by atoms with Gasteiger partial charge in [0.25, 0.3) is 0 Å². The SMILES string of the molecule is CCCCC(N)C(=O)NC1CCC(=O)N(C)C1. The highest BCUT2D eigenvalue weighted by molar-refractivity contribution is 5.82. The highest BCUT2D eigenvalue weighted by atomic mass is 16.2. The molecule has 2 unspecified atom stereocenters. The van der Waals surface area contributed by atoms with Gasteiger partial charge >= 0.3 is 0 Å². The molecule has 3 N–H and O–H groups in total. The van der Waals surface area contributed by atoms with Crippen LogP contribution in [0.25, 0.3) is 0 Å². The van der Waals surface area contributed by atoms with Gasteiger partial charge in [0.1, 0.15) is 0 Å². The van der Waals surface area contributed by atoms with Crippen molar-refractivity contribution in [3.8, 4) is 0 Å². The first-order chi connectivity index (χ1) is 8.04. The maximum Gasteiger partial charge on any atom is 0.237 e. The van der Waals surface area contributed by atoms with Crippen LogP contribution in [0.5, 0.6) is 0 Å². The smallest absolute Gasteiger partial charge is 0.237 e. The molecule has 5 heteroatoms. The van der Waals surface area contributed by atoms with Crippen molar-refractivity contribution in [3.05, 3.63) is 0 Å². The van der Waals surface area contributed by atoms with Crippen LogP contribution in [0.4, 0.5) is 0 Å². The normalized spacial score (nSPS) is 22.4. The number of hydrogen-bond donors (Lipinski definition) is 2. The fourth-order valence-electron chi connectivity index (χ4n) is 1.99. The molecule has 0 aliphatic carbocycles. The third kappa shape index (κ3) is 4.34. The van der Waals surface area contributed by atoms with E-state index in [4.69, 9.17) is 5.73 Å². The molecular weight excluding hydrogens is 218 g/mol. The molecule has 0 aromatic rings. The standard InChI is InChI=1S/C12H23N3O2/c1-3-4-5-10(13)12(17)14-9-6-7-11(16)15(2)8-9/h9-10H,3-8,13H2,1-2H3,(H,14,17). The number of piperidine rings is 1. The number of nitrogens with one attached hydrogen (secondary N) is 1. The number of rotatable bonds is 5. The van der Waals surface area contributed by atoms with Gasteiger partial charge in [-0.25, -0.2) is 0 Å². The molecule has 5 nitrogen and oxygen atoms in total. The van der Waals surface area contributed by atoms with Crippen molar-refractivity contribution in [1.29, 1.82) is 0 Å². The Labute approximate surface area is 103 Å². The molecule has 0 aromatic heterocycles. The van der Waals surface area contributed by atoms with E-state index in [1.165, 1.54) is 0 Å². The van der Waals surface area contributed by atoms with Gasteiger partial charge in [0.15, 0.2) is 0 Å². The number of nitrogens with zero attached hydrogens (tertiary/aromatic N) is 1. The summed E-state index contributed by atoms with van der Waals surface area (Å²) in [7, 11) is 1.76. The number of hydrogen-bond acceptors (Lipinski definition) is 3. The minimum absolute atomic E-state index is 0.0536. The summed E-state index contributed by atoms with van der Waals surface area (Å²) in [6.07, 6.45) is 3.96. The van der Waals surface area contributed by atoms with E-state index in [0.29, 0.717) is 13.0 Å². The second-order valence-corrected chi connectivity index (χ2v) is 4.77. The summed E-state index contributed by atoms with van der Waals surface area (Å²) < 4.78 is 0. The topological polar surface area (TPSA) is 75.4 Å². The lowest BCUT2D eigenvalue weighted by atomic mass is 10.0. The van der Waals surface area contributed by atoms with E-state index in [1.54, 1.807) is 11.9 Å². The Morgan fingerprint density at radius 2 is 2.35 bits per heavy atom. The predicted molar refractivity (Wildman–Crippen MR) is 66.3 cm³/mol. The largest absolute Gasteiger partial charge is 0.350 e. The first-order valence-electron chi connectivity index (χ1n) is 6.34. The van der Waals surface area contributed by atoms with E-state index in [1.807, 2.05) is 0 Å². The van der Waals surface area contributed by atoms with E-state index in [0.717, 1.165) is 25.7 Å². The molecule has 0 radical (unpaired) electrons. The average Bonchev–Trinajstić information content (AvgIpc) is 2.30. The Morgan fingerprint density at radius 1 is 1.65 bits per heavy atom. The average molecular weight is 241 g/mol. The maximum absolute atomic E-state index is 11.8. The summed E-state index contributed by atoms with van der Waals surface area (Å²) in [5.74, 6) is 0.0528. The second-order valence-electron chi connectivity index (χ2n) is 4.77. The highest BCUT2D eigenvalue weighted by Gasteiger charge is 2.25. The van der Waals surface area contributed by atoms with Crippen molar-refractivity contribution in [2.24, 2.45) is 5.73 Å². The number of amides is 2. The van der Waals surface area contributed by atoms with Gasteiger partial charge in [0, 0.05) is 26.1 Å². The zero-order valence-electron chi connectivity index (χ0n) is 10.7. The van der Waals surface area contributed by atoms with Crippen LogP contribution >= 0.6 is 0 Å². The summed E-state index contributed by atoms with van der Waals surface area (Å²) in [4.78, 5) is 24.7. The molecule has 98 valence electrons. The van der Waals surface area contributed by atoms with Gasteiger partial charge in [-0.1, -0.05) is 19.8 Å². The Morgan fingerprint density at radius 3 is 2.94 bits per heavy atom. The van der Waals surface area contributed by atoms with Crippen LogP contribution in [0, 0.1) is 0 Å². The molecule has 1 aliphatic heterocycles. The van der Waals surface area contributed by atoms with Crippen molar-refractivity contribution in [1.82, 2.24) is 10.2 Å². The lowest BCUT2D eigenvalue weighted by Crippen LogP contribution is -2.52. The van der Waals surface area contributed by atoms with Gasteiger partial charge in [-0.2, -0.15) is 0 Å². The number of carbonyl (C=O) groups excluding carboxylic acids is 2. The quantitative estimate of drug-likeness (QED) is 0.724. The molecule has 1 heterocycles. The highest BCUT2D eigenvalue weighted by Crippen LogP contribution is 2.10. The molecule has 1 saturated heterocycles. The molecule has 1 aliphatic rings. The number of carbonyl (C=O) groups is 2. The zero-order valence-corrected chi connectivity index (χ0v) is 10.7. The Kier molecular flexibility index (Phi) is 5.41.